The normalized spacial score (nSPS) is 15.7. The van der Waals surface area contributed by atoms with Gasteiger partial charge in [-0.05, 0) is 38.5 Å². The van der Waals surface area contributed by atoms with E-state index in [-0.39, 0.29) is 0 Å². The highest BCUT2D eigenvalue weighted by molar-refractivity contribution is 7.99. The van der Waals surface area contributed by atoms with Crippen molar-refractivity contribution in [2.45, 2.75) is 58.2 Å². The van der Waals surface area contributed by atoms with Crippen LogP contribution >= 0.6 is 11.8 Å². The van der Waals surface area contributed by atoms with Gasteiger partial charge in [0.25, 0.3) is 0 Å². The van der Waals surface area contributed by atoms with Crippen LogP contribution in [0.1, 0.15) is 47.0 Å². The summed E-state index contributed by atoms with van der Waals surface area (Å²) in [7, 11) is 0. The van der Waals surface area contributed by atoms with Crippen LogP contribution in [0.4, 0.5) is 0 Å². The summed E-state index contributed by atoms with van der Waals surface area (Å²) >= 11 is 2.11. The van der Waals surface area contributed by atoms with E-state index in [1.54, 1.807) is 0 Å². The quantitative estimate of drug-likeness (QED) is 0.608. The van der Waals surface area contributed by atoms with Gasteiger partial charge in [-0.3, -0.25) is 0 Å². The fraction of sp³-hybridized carbons (Fsp3) is 1.00. The van der Waals surface area contributed by atoms with Gasteiger partial charge in [0.1, 0.15) is 0 Å². The van der Waals surface area contributed by atoms with Gasteiger partial charge in [-0.25, -0.2) is 0 Å². The Morgan fingerprint density at radius 1 is 1.23 bits per heavy atom. The van der Waals surface area contributed by atoms with Crippen molar-refractivity contribution in [3.8, 4) is 0 Å². The maximum Gasteiger partial charge on any atom is 0.00389 e. The van der Waals surface area contributed by atoms with E-state index in [9.17, 15) is 0 Å². The molecule has 0 aromatic heterocycles. The van der Waals surface area contributed by atoms with Crippen LogP contribution in [0, 0.1) is 0 Å². The largest absolute Gasteiger partial charge is 0.315 e. The maximum atomic E-state index is 3.44. The first kappa shape index (κ1) is 13.3. The summed E-state index contributed by atoms with van der Waals surface area (Å²) in [6.45, 7) is 10.1. The zero-order valence-electron chi connectivity index (χ0n) is 9.60. The van der Waals surface area contributed by atoms with Crippen LogP contribution in [0.25, 0.3) is 0 Å². The Labute approximate surface area is 88.1 Å². The molecule has 0 aromatic carbocycles. The van der Waals surface area contributed by atoms with Crippen LogP contribution in [0.5, 0.6) is 0 Å². The third kappa shape index (κ3) is 8.63. The molecule has 0 amide bonds. The van der Waals surface area contributed by atoms with Crippen molar-refractivity contribution in [3.05, 3.63) is 0 Å². The molecular formula is C11H25NS. The van der Waals surface area contributed by atoms with Crippen molar-refractivity contribution in [1.29, 1.82) is 0 Å². The minimum Gasteiger partial charge on any atom is -0.315 e. The number of rotatable bonds is 8. The highest BCUT2D eigenvalue weighted by Crippen LogP contribution is 2.15. The highest BCUT2D eigenvalue weighted by atomic mass is 32.2. The average Bonchev–Trinajstić information content (AvgIpc) is 2.12. The number of hydrogen-bond acceptors (Lipinski definition) is 2. The lowest BCUT2D eigenvalue weighted by molar-refractivity contribution is 0.526. The highest BCUT2D eigenvalue weighted by Gasteiger charge is 2.01. The molecule has 80 valence electrons. The lowest BCUT2D eigenvalue weighted by Crippen LogP contribution is -2.25. The molecule has 0 bridgehead atoms. The van der Waals surface area contributed by atoms with Gasteiger partial charge in [-0.15, -0.1) is 0 Å². The molecule has 2 unspecified atom stereocenters. The summed E-state index contributed by atoms with van der Waals surface area (Å²) in [5, 5.41) is 4.28. The molecule has 0 aliphatic carbocycles. The van der Waals surface area contributed by atoms with E-state index in [2.05, 4.69) is 44.8 Å². The van der Waals surface area contributed by atoms with E-state index in [1.165, 1.54) is 25.0 Å². The zero-order valence-corrected chi connectivity index (χ0v) is 10.4. The number of nitrogens with one attached hydrogen (secondary N) is 1. The molecule has 1 N–H and O–H groups in total. The lowest BCUT2D eigenvalue weighted by atomic mass is 10.2. The SMILES string of the molecule is CCNC(C)CCCSC(C)CC. The first-order valence-corrected chi connectivity index (χ1v) is 6.60. The summed E-state index contributed by atoms with van der Waals surface area (Å²) in [6.07, 6.45) is 3.97. The van der Waals surface area contributed by atoms with Crippen LogP contribution in [0.3, 0.4) is 0 Å². The number of hydrogen-bond donors (Lipinski definition) is 1. The zero-order chi connectivity index (χ0) is 10.1. The van der Waals surface area contributed by atoms with Crippen molar-refractivity contribution in [2.24, 2.45) is 0 Å². The maximum absolute atomic E-state index is 3.44. The van der Waals surface area contributed by atoms with Crippen LogP contribution < -0.4 is 5.32 Å². The molecule has 0 aliphatic heterocycles. The smallest absolute Gasteiger partial charge is 0.00389 e. The van der Waals surface area contributed by atoms with Gasteiger partial charge >= 0.3 is 0 Å². The summed E-state index contributed by atoms with van der Waals surface area (Å²) in [5.41, 5.74) is 0. The predicted molar refractivity (Wildman–Crippen MR) is 64.6 cm³/mol. The van der Waals surface area contributed by atoms with Gasteiger partial charge in [-0.1, -0.05) is 20.8 Å². The standard InChI is InChI=1S/C11H25NS/c1-5-11(4)13-9-7-8-10(3)12-6-2/h10-12H,5-9H2,1-4H3. The summed E-state index contributed by atoms with van der Waals surface area (Å²) in [5.74, 6) is 1.32. The molecule has 0 saturated carbocycles. The first-order chi connectivity index (χ1) is 6.20. The van der Waals surface area contributed by atoms with Gasteiger partial charge < -0.3 is 5.32 Å². The summed E-state index contributed by atoms with van der Waals surface area (Å²) in [6, 6.07) is 0.697. The lowest BCUT2D eigenvalue weighted by Gasteiger charge is -2.12. The average molecular weight is 203 g/mol. The molecule has 0 heterocycles. The fourth-order valence-corrected chi connectivity index (χ4v) is 2.21. The third-order valence-corrected chi connectivity index (χ3v) is 3.74. The van der Waals surface area contributed by atoms with Crippen LogP contribution in [0.2, 0.25) is 0 Å². The van der Waals surface area contributed by atoms with E-state index in [4.69, 9.17) is 0 Å². The predicted octanol–water partition coefficient (Wildman–Crippen LogP) is 3.30. The van der Waals surface area contributed by atoms with Crippen molar-refractivity contribution in [2.75, 3.05) is 12.3 Å². The van der Waals surface area contributed by atoms with Gasteiger partial charge in [0.05, 0.1) is 0 Å². The van der Waals surface area contributed by atoms with Gasteiger partial charge in [0, 0.05) is 11.3 Å². The summed E-state index contributed by atoms with van der Waals surface area (Å²) in [4.78, 5) is 0. The fourth-order valence-electron chi connectivity index (χ4n) is 1.24. The Kier molecular flexibility index (Phi) is 9.10. The Bertz CT molecular complexity index is 106. The van der Waals surface area contributed by atoms with E-state index in [0.29, 0.717) is 6.04 Å². The minimum atomic E-state index is 0.697. The second-order valence-electron chi connectivity index (χ2n) is 3.69. The molecule has 1 nitrogen and oxygen atoms in total. The van der Waals surface area contributed by atoms with Gasteiger partial charge in [-0.2, -0.15) is 11.8 Å². The molecule has 0 aliphatic rings. The third-order valence-electron chi connectivity index (χ3n) is 2.31. The van der Waals surface area contributed by atoms with E-state index < -0.39 is 0 Å². The van der Waals surface area contributed by atoms with Crippen molar-refractivity contribution < 1.29 is 0 Å². The minimum absolute atomic E-state index is 0.697. The van der Waals surface area contributed by atoms with Crippen molar-refractivity contribution in [1.82, 2.24) is 5.32 Å². The molecule has 0 fully saturated rings. The monoisotopic (exact) mass is 203 g/mol. The van der Waals surface area contributed by atoms with Crippen LogP contribution in [-0.2, 0) is 0 Å². The Morgan fingerprint density at radius 3 is 2.46 bits per heavy atom. The molecular weight excluding hydrogens is 178 g/mol. The Morgan fingerprint density at radius 2 is 1.92 bits per heavy atom. The first-order valence-electron chi connectivity index (χ1n) is 5.55. The molecule has 0 aromatic rings. The summed E-state index contributed by atoms with van der Waals surface area (Å²) < 4.78 is 0. The Balaban J connectivity index is 3.15. The second-order valence-corrected chi connectivity index (χ2v) is 5.24. The molecule has 2 atom stereocenters. The van der Waals surface area contributed by atoms with Crippen LogP contribution in [0.15, 0.2) is 0 Å². The van der Waals surface area contributed by atoms with E-state index in [1.807, 2.05) is 0 Å². The molecule has 0 saturated heterocycles. The van der Waals surface area contributed by atoms with Gasteiger partial charge in [0.2, 0.25) is 0 Å². The second kappa shape index (κ2) is 8.89. The van der Waals surface area contributed by atoms with Crippen LogP contribution in [-0.4, -0.2) is 23.6 Å². The topological polar surface area (TPSA) is 12.0 Å². The molecule has 2 heteroatoms. The Hall–Kier alpha value is 0.310. The molecule has 13 heavy (non-hydrogen) atoms. The van der Waals surface area contributed by atoms with E-state index in [0.717, 1.165) is 11.8 Å². The molecule has 0 rings (SSSR count). The van der Waals surface area contributed by atoms with Gasteiger partial charge in [0.15, 0.2) is 0 Å². The number of thioether (sulfide) groups is 1. The van der Waals surface area contributed by atoms with E-state index >= 15 is 0 Å². The molecule has 0 radical (unpaired) electrons. The van der Waals surface area contributed by atoms with Crippen molar-refractivity contribution >= 4 is 11.8 Å². The molecule has 0 spiro atoms. The van der Waals surface area contributed by atoms with Crippen molar-refractivity contribution in [3.63, 3.8) is 0 Å².